The summed E-state index contributed by atoms with van der Waals surface area (Å²) in [5, 5.41) is 7.39. The van der Waals surface area contributed by atoms with Crippen molar-refractivity contribution in [2.45, 2.75) is 0 Å². The number of nitrogens with zero attached hydrogens (tertiary/aromatic N) is 3. The fourth-order valence-electron chi connectivity index (χ4n) is 10.3. The van der Waals surface area contributed by atoms with E-state index in [2.05, 4.69) is 275 Å². The molecule has 2 heterocycles. The fraction of sp³-hybridized carbons (Fsp3) is 0. The van der Waals surface area contributed by atoms with Crippen LogP contribution < -0.4 is 4.90 Å². The normalized spacial score (nSPS) is 11.6. The number of hydrogen-bond donors (Lipinski definition) is 0. The van der Waals surface area contributed by atoms with Crippen LogP contribution in [0, 0.1) is 0 Å². The van der Waals surface area contributed by atoms with Gasteiger partial charge in [-0.05, 0) is 159 Å². The van der Waals surface area contributed by atoms with Crippen molar-refractivity contribution < 1.29 is 0 Å². The van der Waals surface area contributed by atoms with Crippen molar-refractivity contribution >= 4 is 71.4 Å². The van der Waals surface area contributed by atoms with Crippen LogP contribution in [0.2, 0.25) is 0 Å². The number of aromatic nitrogens is 2. The molecule has 2 aromatic heterocycles. The lowest BCUT2D eigenvalue weighted by Crippen LogP contribution is -2.09. The summed E-state index contributed by atoms with van der Waals surface area (Å²) in [4.78, 5) is 2.35. The molecular formula is C64H43N3. The molecule has 67 heavy (non-hydrogen) atoms. The average molecular weight is 854 g/mol. The Balaban J connectivity index is 0.981. The molecule has 0 spiro atoms. The standard InChI is InChI=1S/C64H43N3/c1-4-18-52(19-5-1)65(56-35-30-44-16-10-11-17-46(44)41-56)55-33-28-45(29-34-55)49-38-50(47-31-36-63-59(42-47)57-24-12-14-26-61(57)66(63)53-20-6-2-7-21-53)40-51(39-49)48-32-37-64-60(43-48)58-25-13-15-27-62(58)67(64)54-22-8-3-9-23-54/h1-43H. The predicted octanol–water partition coefficient (Wildman–Crippen LogP) is 17.5. The van der Waals surface area contributed by atoms with Gasteiger partial charge in [0, 0.05) is 50.0 Å². The topological polar surface area (TPSA) is 13.1 Å². The first-order valence-electron chi connectivity index (χ1n) is 23.0. The molecule has 0 unspecified atom stereocenters. The molecule has 11 aromatic carbocycles. The monoisotopic (exact) mass is 853 g/mol. The highest BCUT2D eigenvalue weighted by Gasteiger charge is 2.18. The molecule has 0 saturated carbocycles. The highest BCUT2D eigenvalue weighted by molar-refractivity contribution is 6.12. The van der Waals surface area contributed by atoms with Gasteiger partial charge in [-0.15, -0.1) is 0 Å². The molecule has 0 N–H and O–H groups in total. The van der Waals surface area contributed by atoms with Gasteiger partial charge >= 0.3 is 0 Å². The zero-order chi connectivity index (χ0) is 44.3. The molecule has 0 radical (unpaired) electrons. The van der Waals surface area contributed by atoms with Crippen LogP contribution in [0.15, 0.2) is 261 Å². The SMILES string of the molecule is c1ccc(N(c2ccc(-c3cc(-c4ccc5c(c4)c4ccccc4n5-c4ccccc4)cc(-c4ccc5c(c4)c4ccccc4n5-c4ccccc4)c3)cc2)c2ccc3ccccc3c2)cc1. The Hall–Kier alpha value is -8.92. The Labute approximate surface area is 389 Å². The van der Waals surface area contributed by atoms with E-state index < -0.39 is 0 Å². The summed E-state index contributed by atoms with van der Waals surface area (Å²) < 4.78 is 4.77. The number of benzene rings is 11. The maximum atomic E-state index is 2.39. The van der Waals surface area contributed by atoms with Gasteiger partial charge in [0.2, 0.25) is 0 Å². The van der Waals surface area contributed by atoms with Crippen LogP contribution in [0.25, 0.3) is 99.1 Å². The molecule has 0 saturated heterocycles. The number of rotatable bonds is 8. The molecule has 0 amide bonds. The molecule has 314 valence electrons. The highest BCUT2D eigenvalue weighted by Crippen LogP contribution is 2.42. The second-order valence-electron chi connectivity index (χ2n) is 17.4. The van der Waals surface area contributed by atoms with E-state index in [9.17, 15) is 0 Å². The van der Waals surface area contributed by atoms with E-state index >= 15 is 0 Å². The smallest absolute Gasteiger partial charge is 0.0541 e. The molecule has 0 aliphatic heterocycles. The van der Waals surface area contributed by atoms with Crippen molar-refractivity contribution in [1.82, 2.24) is 9.13 Å². The summed E-state index contributed by atoms with van der Waals surface area (Å²) in [7, 11) is 0. The van der Waals surface area contributed by atoms with Gasteiger partial charge in [0.1, 0.15) is 0 Å². The lowest BCUT2D eigenvalue weighted by Gasteiger charge is -2.26. The van der Waals surface area contributed by atoms with E-state index in [1.54, 1.807) is 0 Å². The van der Waals surface area contributed by atoms with Gasteiger partial charge in [-0.2, -0.15) is 0 Å². The summed E-state index contributed by atoms with van der Waals surface area (Å²) >= 11 is 0. The van der Waals surface area contributed by atoms with Gasteiger partial charge in [-0.3, -0.25) is 0 Å². The summed E-state index contributed by atoms with van der Waals surface area (Å²) in [5.74, 6) is 0. The summed E-state index contributed by atoms with van der Waals surface area (Å²) in [6.07, 6.45) is 0. The highest BCUT2D eigenvalue weighted by atomic mass is 15.1. The van der Waals surface area contributed by atoms with Crippen LogP contribution in [-0.2, 0) is 0 Å². The minimum absolute atomic E-state index is 1.10. The Morgan fingerprint density at radius 3 is 1.18 bits per heavy atom. The van der Waals surface area contributed by atoms with E-state index in [0.29, 0.717) is 0 Å². The molecule has 13 aromatic rings. The van der Waals surface area contributed by atoms with E-state index in [-0.39, 0.29) is 0 Å². The summed E-state index contributed by atoms with van der Waals surface area (Å²) in [5.41, 5.74) is 17.4. The molecule has 0 fully saturated rings. The number of fused-ring (bicyclic) bond motifs is 7. The maximum Gasteiger partial charge on any atom is 0.0541 e. The second-order valence-corrected chi connectivity index (χ2v) is 17.4. The van der Waals surface area contributed by atoms with Gasteiger partial charge in [-0.25, -0.2) is 0 Å². The van der Waals surface area contributed by atoms with Gasteiger partial charge in [-0.1, -0.05) is 146 Å². The third-order valence-corrected chi connectivity index (χ3v) is 13.4. The van der Waals surface area contributed by atoms with Crippen molar-refractivity contribution in [2.75, 3.05) is 4.90 Å². The lowest BCUT2D eigenvalue weighted by atomic mass is 9.92. The van der Waals surface area contributed by atoms with Crippen molar-refractivity contribution in [1.29, 1.82) is 0 Å². The van der Waals surface area contributed by atoms with E-state index in [0.717, 1.165) is 39.6 Å². The zero-order valence-corrected chi connectivity index (χ0v) is 36.7. The molecule has 0 bridgehead atoms. The molecule has 3 heteroatoms. The van der Waals surface area contributed by atoms with Crippen molar-refractivity contribution in [3.05, 3.63) is 261 Å². The maximum absolute atomic E-state index is 2.39. The van der Waals surface area contributed by atoms with Gasteiger partial charge in [0.25, 0.3) is 0 Å². The number of anilines is 3. The first-order chi connectivity index (χ1) is 33.2. The molecule has 0 atom stereocenters. The van der Waals surface area contributed by atoms with Crippen molar-refractivity contribution in [3.8, 4) is 44.8 Å². The Morgan fingerprint density at radius 1 is 0.224 bits per heavy atom. The third-order valence-electron chi connectivity index (χ3n) is 13.4. The zero-order valence-electron chi connectivity index (χ0n) is 36.7. The minimum atomic E-state index is 1.10. The Morgan fingerprint density at radius 2 is 0.627 bits per heavy atom. The molecular weight excluding hydrogens is 811 g/mol. The third kappa shape index (κ3) is 6.67. The second kappa shape index (κ2) is 16.0. The van der Waals surface area contributed by atoms with Crippen LogP contribution in [0.3, 0.4) is 0 Å². The lowest BCUT2D eigenvalue weighted by molar-refractivity contribution is 1.18. The Kier molecular flexibility index (Phi) is 9.17. The van der Waals surface area contributed by atoms with Gasteiger partial charge in [0.05, 0.1) is 22.1 Å². The number of hydrogen-bond acceptors (Lipinski definition) is 1. The summed E-state index contributed by atoms with van der Waals surface area (Å²) in [6.45, 7) is 0. The van der Waals surface area contributed by atoms with Crippen LogP contribution in [0.4, 0.5) is 17.1 Å². The van der Waals surface area contributed by atoms with E-state index in [1.807, 2.05) is 0 Å². The predicted molar refractivity (Wildman–Crippen MR) is 284 cm³/mol. The van der Waals surface area contributed by atoms with E-state index in [4.69, 9.17) is 0 Å². The largest absolute Gasteiger partial charge is 0.310 e. The fourth-order valence-corrected chi connectivity index (χ4v) is 10.3. The van der Waals surface area contributed by atoms with Gasteiger partial charge in [0.15, 0.2) is 0 Å². The molecule has 0 aliphatic carbocycles. The molecule has 0 aliphatic rings. The molecule has 13 rings (SSSR count). The average Bonchev–Trinajstić information content (AvgIpc) is 3.92. The van der Waals surface area contributed by atoms with Crippen LogP contribution in [-0.4, -0.2) is 9.13 Å². The van der Waals surface area contributed by atoms with E-state index in [1.165, 1.54) is 76.6 Å². The first kappa shape index (κ1) is 38.5. The summed E-state index contributed by atoms with van der Waals surface area (Å²) in [6, 6.07) is 95.0. The van der Waals surface area contributed by atoms with Crippen molar-refractivity contribution in [3.63, 3.8) is 0 Å². The quantitative estimate of drug-likeness (QED) is 0.148. The van der Waals surface area contributed by atoms with Gasteiger partial charge < -0.3 is 14.0 Å². The van der Waals surface area contributed by atoms with Crippen LogP contribution >= 0.6 is 0 Å². The van der Waals surface area contributed by atoms with Crippen molar-refractivity contribution in [2.24, 2.45) is 0 Å². The molecule has 3 nitrogen and oxygen atoms in total. The minimum Gasteiger partial charge on any atom is -0.310 e. The van der Waals surface area contributed by atoms with Crippen LogP contribution in [0.5, 0.6) is 0 Å². The van der Waals surface area contributed by atoms with Crippen LogP contribution in [0.1, 0.15) is 0 Å². The first-order valence-corrected chi connectivity index (χ1v) is 23.0. The number of para-hydroxylation sites is 5. The Bertz CT molecular complexity index is 3780.